The second-order valence-electron chi connectivity index (χ2n) is 11.6. The molecule has 0 radical (unpaired) electrons. The van der Waals surface area contributed by atoms with Crippen molar-refractivity contribution < 1.29 is 19.2 Å². The van der Waals surface area contributed by atoms with Crippen molar-refractivity contribution in [3.8, 4) is 11.5 Å². The lowest BCUT2D eigenvalue weighted by molar-refractivity contribution is -0.00174. The lowest BCUT2D eigenvalue weighted by Crippen LogP contribution is -2.51. The maximum atomic E-state index is 12.7. The lowest BCUT2D eigenvalue weighted by Gasteiger charge is -2.44. The molecule has 3 aromatic rings. The summed E-state index contributed by atoms with van der Waals surface area (Å²) in [6.45, 7) is 14.8. The highest BCUT2D eigenvalue weighted by atomic mass is 16.5. The smallest absolute Gasteiger partial charge is 0.407 e. The van der Waals surface area contributed by atoms with E-state index in [0.717, 1.165) is 5.69 Å². The van der Waals surface area contributed by atoms with E-state index in [1.54, 1.807) is 10.6 Å². The van der Waals surface area contributed by atoms with Crippen molar-refractivity contribution in [3.05, 3.63) is 33.6 Å². The van der Waals surface area contributed by atoms with Crippen LogP contribution in [0, 0.1) is 12.3 Å². The Labute approximate surface area is 209 Å². The van der Waals surface area contributed by atoms with E-state index < -0.39 is 6.09 Å². The summed E-state index contributed by atoms with van der Waals surface area (Å²) in [5.41, 5.74) is 1.71. The maximum Gasteiger partial charge on any atom is 0.407 e. The number of aromatic nitrogens is 5. The van der Waals surface area contributed by atoms with Crippen molar-refractivity contribution in [2.45, 2.75) is 85.3 Å². The minimum atomic E-state index is -0.915. The first-order valence-electron chi connectivity index (χ1n) is 12.3. The summed E-state index contributed by atoms with van der Waals surface area (Å²) in [5, 5.41) is 18.5. The molecule has 2 N–H and O–H groups in total. The van der Waals surface area contributed by atoms with Crippen LogP contribution in [0.3, 0.4) is 0 Å². The molecular weight excluding hydrogens is 464 g/mol. The molecular formula is C25H36N6O5. The van der Waals surface area contributed by atoms with Crippen molar-refractivity contribution in [3.63, 3.8) is 0 Å². The summed E-state index contributed by atoms with van der Waals surface area (Å²) in [6, 6.07) is 1.38. The van der Waals surface area contributed by atoms with Crippen LogP contribution in [0.5, 0.6) is 0 Å². The Morgan fingerprint density at radius 1 is 1.28 bits per heavy atom. The molecule has 3 aromatic heterocycles. The van der Waals surface area contributed by atoms with Crippen LogP contribution in [0.4, 0.5) is 4.79 Å². The summed E-state index contributed by atoms with van der Waals surface area (Å²) in [5.74, 6) is 0.768. The quantitative estimate of drug-likeness (QED) is 0.536. The van der Waals surface area contributed by atoms with Gasteiger partial charge < -0.3 is 24.3 Å². The number of nitrogens with one attached hydrogen (secondary N) is 1. The van der Waals surface area contributed by atoms with E-state index in [4.69, 9.17) is 14.4 Å². The highest BCUT2D eigenvalue weighted by Gasteiger charge is 2.40. The number of hydrogen-bond acceptors (Lipinski definition) is 7. The van der Waals surface area contributed by atoms with E-state index in [0.29, 0.717) is 55.1 Å². The normalized spacial score (nSPS) is 19.2. The Morgan fingerprint density at radius 2 is 2.00 bits per heavy atom. The van der Waals surface area contributed by atoms with Gasteiger partial charge in [0.15, 0.2) is 5.82 Å². The number of H-pyrrole nitrogens is 1. The van der Waals surface area contributed by atoms with Crippen molar-refractivity contribution in [2.75, 3.05) is 13.2 Å². The average Bonchev–Trinajstić information content (AvgIpc) is 3.34. The Balaban J connectivity index is 1.68. The summed E-state index contributed by atoms with van der Waals surface area (Å²) < 4.78 is 13.0. The molecule has 1 aliphatic heterocycles. The van der Waals surface area contributed by atoms with Gasteiger partial charge in [-0.3, -0.25) is 4.79 Å². The Morgan fingerprint density at radius 3 is 2.64 bits per heavy atom. The second-order valence-corrected chi connectivity index (χ2v) is 11.6. The van der Waals surface area contributed by atoms with Crippen molar-refractivity contribution in [2.24, 2.45) is 5.41 Å². The van der Waals surface area contributed by atoms with Gasteiger partial charge in [-0.05, 0) is 46.0 Å². The van der Waals surface area contributed by atoms with E-state index in [9.17, 15) is 14.7 Å². The molecule has 36 heavy (non-hydrogen) atoms. The fraction of sp³-hybridized carbons (Fsp3) is 0.640. The summed E-state index contributed by atoms with van der Waals surface area (Å²) in [6.07, 6.45) is 0.782. The van der Waals surface area contributed by atoms with Crippen LogP contribution < -0.4 is 5.56 Å². The molecule has 0 spiro atoms. The number of hydrogen-bond donors (Lipinski definition) is 2. The van der Waals surface area contributed by atoms with Crippen LogP contribution >= 0.6 is 0 Å². The number of ether oxygens (including phenoxy) is 1. The van der Waals surface area contributed by atoms with Gasteiger partial charge in [0, 0.05) is 31.0 Å². The van der Waals surface area contributed by atoms with E-state index in [-0.39, 0.29) is 34.4 Å². The minimum absolute atomic E-state index is 0.0328. The highest BCUT2D eigenvalue weighted by molar-refractivity contribution is 5.74. The summed E-state index contributed by atoms with van der Waals surface area (Å²) in [7, 11) is 0. The molecule has 1 aliphatic rings. The zero-order valence-corrected chi connectivity index (χ0v) is 22.1. The van der Waals surface area contributed by atoms with Gasteiger partial charge in [0.2, 0.25) is 0 Å². The van der Waals surface area contributed by atoms with Gasteiger partial charge in [-0.1, -0.05) is 25.9 Å². The van der Waals surface area contributed by atoms with Gasteiger partial charge in [-0.2, -0.15) is 10.1 Å². The molecule has 4 rings (SSSR count). The molecule has 0 aliphatic carbocycles. The van der Waals surface area contributed by atoms with Gasteiger partial charge in [-0.15, -0.1) is 0 Å². The van der Waals surface area contributed by atoms with Gasteiger partial charge >= 0.3 is 6.09 Å². The van der Waals surface area contributed by atoms with E-state index in [1.165, 1.54) is 4.90 Å². The van der Waals surface area contributed by atoms with Gasteiger partial charge in [-0.25, -0.2) is 9.31 Å². The third kappa shape index (κ3) is 5.30. The molecule has 4 heterocycles. The fourth-order valence-corrected chi connectivity index (χ4v) is 4.91. The van der Waals surface area contributed by atoms with Crippen LogP contribution in [0.25, 0.3) is 17.1 Å². The number of aryl methyl sites for hydroxylation is 1. The molecule has 1 amide bonds. The standard InChI is InChI=1S/C25H36N6O5/c1-14-20(22-26-18(29-36-22)9-11-35-25(5,6)7)21-27-19(32)13-16(31(21)28-14)15-8-10-30(23(33)34)17(12-15)24(2,3)4/h13,15,17H,8-12H2,1-7H3,(H,27,32)(H,33,34). The van der Waals surface area contributed by atoms with E-state index in [2.05, 4.69) is 15.1 Å². The molecule has 11 nitrogen and oxygen atoms in total. The number of likely N-dealkylation sites (tertiary alicyclic amines) is 1. The molecule has 1 fully saturated rings. The van der Waals surface area contributed by atoms with Gasteiger partial charge in [0.05, 0.1) is 23.6 Å². The van der Waals surface area contributed by atoms with Crippen LogP contribution in [-0.4, -0.2) is 65.6 Å². The predicted octanol–water partition coefficient (Wildman–Crippen LogP) is 4.01. The minimum Gasteiger partial charge on any atom is -0.465 e. The average molecular weight is 501 g/mol. The number of fused-ring (bicyclic) bond motifs is 1. The Hall–Kier alpha value is -3.21. The van der Waals surface area contributed by atoms with Crippen molar-refractivity contribution in [1.29, 1.82) is 0 Å². The highest BCUT2D eigenvalue weighted by Crippen LogP contribution is 2.39. The molecule has 0 bridgehead atoms. The Bertz CT molecular complexity index is 1310. The van der Waals surface area contributed by atoms with Gasteiger partial charge in [0.1, 0.15) is 11.2 Å². The molecule has 2 atom stereocenters. The first kappa shape index (κ1) is 25.9. The van der Waals surface area contributed by atoms with Crippen LogP contribution in [0.1, 0.15) is 77.5 Å². The largest absolute Gasteiger partial charge is 0.465 e. The zero-order chi connectivity index (χ0) is 26.4. The molecule has 0 aromatic carbocycles. The summed E-state index contributed by atoms with van der Waals surface area (Å²) in [4.78, 5) is 33.5. The van der Waals surface area contributed by atoms with E-state index in [1.807, 2.05) is 48.5 Å². The number of nitrogens with zero attached hydrogens (tertiary/aromatic N) is 5. The summed E-state index contributed by atoms with van der Waals surface area (Å²) >= 11 is 0. The zero-order valence-electron chi connectivity index (χ0n) is 22.1. The second kappa shape index (κ2) is 9.34. The molecule has 11 heteroatoms. The fourth-order valence-electron chi connectivity index (χ4n) is 4.91. The van der Waals surface area contributed by atoms with Gasteiger partial charge in [0.25, 0.3) is 11.4 Å². The van der Waals surface area contributed by atoms with Crippen LogP contribution in [0.15, 0.2) is 15.4 Å². The SMILES string of the molecule is Cc1nn2c(C3CCN(C(=O)O)C(C(C)(C)C)C3)cc(=O)[nH]c2c1-c1nc(CCOC(C)(C)C)no1. The predicted molar refractivity (Wildman–Crippen MR) is 133 cm³/mol. The molecule has 196 valence electrons. The number of rotatable bonds is 5. The van der Waals surface area contributed by atoms with Crippen molar-refractivity contribution in [1.82, 2.24) is 29.6 Å². The third-order valence-corrected chi connectivity index (χ3v) is 6.63. The first-order valence-corrected chi connectivity index (χ1v) is 12.3. The van der Waals surface area contributed by atoms with E-state index >= 15 is 0 Å². The Kier molecular flexibility index (Phi) is 6.72. The number of carbonyl (C=O) groups is 1. The van der Waals surface area contributed by atoms with Crippen LogP contribution in [-0.2, 0) is 11.2 Å². The maximum absolute atomic E-state index is 12.7. The number of piperidine rings is 1. The first-order chi connectivity index (χ1) is 16.7. The van der Waals surface area contributed by atoms with Crippen LogP contribution in [0.2, 0.25) is 0 Å². The molecule has 1 saturated heterocycles. The molecule has 2 unspecified atom stereocenters. The number of amides is 1. The topological polar surface area (TPSA) is 139 Å². The monoisotopic (exact) mass is 500 g/mol. The number of aromatic amines is 1. The van der Waals surface area contributed by atoms with Crippen molar-refractivity contribution >= 4 is 11.7 Å². The lowest BCUT2D eigenvalue weighted by atomic mass is 9.76. The molecule has 0 saturated carbocycles. The third-order valence-electron chi connectivity index (χ3n) is 6.63. The number of carboxylic acid groups (broad SMARTS) is 1.